The number of nitrogens with zero attached hydrogens (tertiary/aromatic N) is 1. The van der Waals surface area contributed by atoms with Crippen LogP contribution >= 0.6 is 0 Å². The number of ether oxygens (including phenoxy) is 1. The Bertz CT molecular complexity index is 1040. The zero-order valence-electron chi connectivity index (χ0n) is 17.5. The fourth-order valence-electron chi connectivity index (χ4n) is 2.92. The molecule has 0 fully saturated rings. The van der Waals surface area contributed by atoms with Crippen LogP contribution in [0.15, 0.2) is 47.0 Å². The van der Waals surface area contributed by atoms with Crippen LogP contribution < -0.4 is 15.4 Å². The molecule has 30 heavy (non-hydrogen) atoms. The Balaban J connectivity index is 1.66. The van der Waals surface area contributed by atoms with Gasteiger partial charge in [-0.25, -0.2) is 0 Å². The zero-order valence-corrected chi connectivity index (χ0v) is 17.5. The van der Waals surface area contributed by atoms with E-state index in [1.165, 1.54) is 0 Å². The molecule has 0 spiro atoms. The molecule has 0 aliphatic heterocycles. The highest BCUT2D eigenvalue weighted by atomic mass is 16.5. The van der Waals surface area contributed by atoms with Crippen LogP contribution in [0.25, 0.3) is 0 Å². The Morgan fingerprint density at radius 1 is 1.00 bits per heavy atom. The number of aromatic nitrogens is 1. The first kappa shape index (κ1) is 21.1. The molecule has 1 aromatic heterocycles. The van der Waals surface area contributed by atoms with Gasteiger partial charge in [-0.05, 0) is 69.7 Å². The minimum Gasteiger partial charge on any atom is -0.489 e. The average molecular weight is 407 g/mol. The first-order valence-electron chi connectivity index (χ1n) is 9.73. The predicted octanol–water partition coefficient (Wildman–Crippen LogP) is 4.18. The Morgan fingerprint density at radius 2 is 1.70 bits per heavy atom. The summed E-state index contributed by atoms with van der Waals surface area (Å²) < 4.78 is 10.9. The largest absolute Gasteiger partial charge is 0.489 e. The van der Waals surface area contributed by atoms with Crippen LogP contribution in [0.4, 0.5) is 5.69 Å². The molecule has 0 radical (unpaired) electrons. The summed E-state index contributed by atoms with van der Waals surface area (Å²) in [7, 11) is 0. The highest BCUT2D eigenvalue weighted by molar-refractivity contribution is 6.05. The van der Waals surface area contributed by atoms with Crippen molar-refractivity contribution in [3.05, 3.63) is 76.2 Å². The number of nitrogens with one attached hydrogen (secondary N) is 2. The van der Waals surface area contributed by atoms with Gasteiger partial charge in [0.15, 0.2) is 0 Å². The van der Waals surface area contributed by atoms with Gasteiger partial charge < -0.3 is 19.9 Å². The summed E-state index contributed by atoms with van der Waals surface area (Å²) in [6.07, 6.45) is 0. The van der Waals surface area contributed by atoms with Crippen molar-refractivity contribution >= 4 is 17.5 Å². The lowest BCUT2D eigenvalue weighted by Crippen LogP contribution is -2.23. The third kappa shape index (κ3) is 4.86. The van der Waals surface area contributed by atoms with E-state index >= 15 is 0 Å². The molecular formula is C23H25N3O4. The van der Waals surface area contributed by atoms with E-state index in [2.05, 4.69) is 15.8 Å². The molecule has 0 saturated carbocycles. The maximum absolute atomic E-state index is 12.6. The Morgan fingerprint density at radius 3 is 2.33 bits per heavy atom. The average Bonchev–Trinajstić information content (AvgIpc) is 3.06. The lowest BCUT2D eigenvalue weighted by atomic mass is 10.1. The van der Waals surface area contributed by atoms with E-state index in [4.69, 9.17) is 9.26 Å². The van der Waals surface area contributed by atoms with Gasteiger partial charge in [0.05, 0.1) is 11.3 Å². The minimum absolute atomic E-state index is 0.173. The predicted molar refractivity (Wildman–Crippen MR) is 114 cm³/mol. The molecule has 0 unspecified atom stereocenters. The Kier molecular flexibility index (Phi) is 6.51. The number of hydrogen-bond donors (Lipinski definition) is 2. The van der Waals surface area contributed by atoms with Gasteiger partial charge in [-0.15, -0.1) is 0 Å². The standard InChI is InChI=1S/C23H25N3O4/c1-5-24-22(27)18-7-6-14(2)21(12-18)25-23(28)17-8-10-19(11-9-17)29-13-20-15(3)26-30-16(20)4/h6-12H,5,13H2,1-4H3,(H,24,27)(H,25,28). The van der Waals surface area contributed by atoms with Gasteiger partial charge in [-0.1, -0.05) is 11.2 Å². The summed E-state index contributed by atoms with van der Waals surface area (Å²) in [5, 5.41) is 9.53. The number of anilines is 1. The van der Waals surface area contributed by atoms with Crippen LogP contribution in [0.5, 0.6) is 5.75 Å². The van der Waals surface area contributed by atoms with Crippen LogP contribution in [-0.2, 0) is 6.61 Å². The fraction of sp³-hybridized carbons (Fsp3) is 0.261. The van der Waals surface area contributed by atoms with Crippen molar-refractivity contribution in [1.82, 2.24) is 10.5 Å². The number of rotatable bonds is 7. The second kappa shape index (κ2) is 9.26. The van der Waals surface area contributed by atoms with Crippen molar-refractivity contribution in [2.75, 3.05) is 11.9 Å². The van der Waals surface area contributed by atoms with E-state index in [9.17, 15) is 9.59 Å². The molecule has 0 bridgehead atoms. The maximum Gasteiger partial charge on any atom is 0.255 e. The molecule has 3 aromatic rings. The van der Waals surface area contributed by atoms with Crippen LogP contribution in [0.3, 0.4) is 0 Å². The third-order valence-electron chi connectivity index (χ3n) is 4.77. The minimum atomic E-state index is -0.261. The summed E-state index contributed by atoms with van der Waals surface area (Å²) in [6.45, 7) is 8.33. The van der Waals surface area contributed by atoms with Crippen molar-refractivity contribution in [3.8, 4) is 5.75 Å². The first-order valence-corrected chi connectivity index (χ1v) is 9.73. The van der Waals surface area contributed by atoms with Gasteiger partial charge in [0.2, 0.25) is 0 Å². The quantitative estimate of drug-likeness (QED) is 0.613. The first-order chi connectivity index (χ1) is 14.4. The topological polar surface area (TPSA) is 93.5 Å². The molecule has 2 N–H and O–H groups in total. The Labute approximate surface area is 175 Å². The van der Waals surface area contributed by atoms with E-state index in [1.807, 2.05) is 33.8 Å². The molecule has 156 valence electrons. The van der Waals surface area contributed by atoms with Crippen LogP contribution in [-0.4, -0.2) is 23.5 Å². The molecule has 2 amide bonds. The molecule has 0 aliphatic rings. The lowest BCUT2D eigenvalue weighted by molar-refractivity contribution is 0.0954. The van der Waals surface area contributed by atoms with E-state index in [0.29, 0.717) is 35.7 Å². The number of benzene rings is 2. The third-order valence-corrected chi connectivity index (χ3v) is 4.77. The SMILES string of the molecule is CCNC(=O)c1ccc(C)c(NC(=O)c2ccc(OCc3c(C)noc3C)cc2)c1. The van der Waals surface area contributed by atoms with Crippen LogP contribution in [0, 0.1) is 20.8 Å². The van der Waals surface area contributed by atoms with Crippen molar-refractivity contribution in [3.63, 3.8) is 0 Å². The van der Waals surface area contributed by atoms with Crippen LogP contribution in [0.1, 0.15) is 50.2 Å². The summed E-state index contributed by atoms with van der Waals surface area (Å²) in [5.41, 5.74) is 4.18. The Hall–Kier alpha value is -3.61. The fourth-order valence-corrected chi connectivity index (χ4v) is 2.92. The molecule has 7 heteroatoms. The summed E-state index contributed by atoms with van der Waals surface area (Å²) in [5.74, 6) is 0.936. The van der Waals surface area contributed by atoms with Gasteiger partial charge in [0.1, 0.15) is 18.1 Å². The van der Waals surface area contributed by atoms with E-state index < -0.39 is 0 Å². The van der Waals surface area contributed by atoms with Gasteiger partial charge in [-0.2, -0.15) is 0 Å². The number of amides is 2. The van der Waals surface area contributed by atoms with Gasteiger partial charge in [-0.3, -0.25) is 9.59 Å². The molecule has 0 atom stereocenters. The molecular weight excluding hydrogens is 382 g/mol. The van der Waals surface area contributed by atoms with Crippen molar-refractivity contribution in [2.24, 2.45) is 0 Å². The number of hydrogen-bond acceptors (Lipinski definition) is 5. The molecule has 0 aliphatic carbocycles. The molecule has 3 rings (SSSR count). The second-order valence-electron chi connectivity index (χ2n) is 6.96. The number of carbonyl (C=O) groups is 2. The van der Waals surface area contributed by atoms with Crippen LogP contribution in [0.2, 0.25) is 0 Å². The summed E-state index contributed by atoms with van der Waals surface area (Å²) in [4.78, 5) is 24.7. The maximum atomic E-state index is 12.6. The van der Waals surface area contributed by atoms with Crippen molar-refractivity contribution in [2.45, 2.75) is 34.3 Å². The lowest BCUT2D eigenvalue weighted by Gasteiger charge is -2.11. The summed E-state index contributed by atoms with van der Waals surface area (Å²) in [6, 6.07) is 12.1. The number of aryl methyl sites for hydroxylation is 3. The number of carbonyl (C=O) groups excluding carboxylic acids is 2. The van der Waals surface area contributed by atoms with E-state index in [-0.39, 0.29) is 11.8 Å². The van der Waals surface area contributed by atoms with E-state index in [0.717, 1.165) is 22.6 Å². The monoisotopic (exact) mass is 407 g/mol. The van der Waals surface area contributed by atoms with Crippen molar-refractivity contribution < 1.29 is 18.8 Å². The molecule has 0 saturated heterocycles. The molecule has 1 heterocycles. The molecule has 7 nitrogen and oxygen atoms in total. The normalized spacial score (nSPS) is 10.5. The second-order valence-corrected chi connectivity index (χ2v) is 6.96. The van der Waals surface area contributed by atoms with Gasteiger partial charge in [0.25, 0.3) is 11.8 Å². The molecule has 2 aromatic carbocycles. The van der Waals surface area contributed by atoms with Gasteiger partial charge >= 0.3 is 0 Å². The highest BCUT2D eigenvalue weighted by Gasteiger charge is 2.12. The van der Waals surface area contributed by atoms with Gasteiger partial charge in [0, 0.05) is 23.4 Å². The highest BCUT2D eigenvalue weighted by Crippen LogP contribution is 2.20. The zero-order chi connectivity index (χ0) is 21.7. The summed E-state index contributed by atoms with van der Waals surface area (Å²) >= 11 is 0. The van der Waals surface area contributed by atoms with E-state index in [1.54, 1.807) is 36.4 Å². The smallest absolute Gasteiger partial charge is 0.255 e. The van der Waals surface area contributed by atoms with Crippen molar-refractivity contribution in [1.29, 1.82) is 0 Å².